The number of aryl methyl sites for hydroxylation is 2. The third kappa shape index (κ3) is 3.26. The summed E-state index contributed by atoms with van der Waals surface area (Å²) in [5, 5.41) is 4.55. The molecule has 0 spiro atoms. The second-order valence-electron chi connectivity index (χ2n) is 6.42. The Morgan fingerprint density at radius 2 is 1.92 bits per heavy atom. The number of nitrogens with zero attached hydrogens (tertiary/aromatic N) is 3. The number of aromatic nitrogens is 2. The number of methoxy groups -OCH3 is 2. The average molecular weight is 329 g/mol. The molecule has 0 saturated carbocycles. The van der Waals surface area contributed by atoms with Crippen LogP contribution in [-0.4, -0.2) is 42.0 Å². The first-order valence-corrected chi connectivity index (χ1v) is 8.58. The fraction of sp³-hybridized carbons (Fsp3) is 0.526. The van der Waals surface area contributed by atoms with Gasteiger partial charge >= 0.3 is 0 Å². The highest BCUT2D eigenvalue weighted by molar-refractivity contribution is 5.35. The molecule has 1 aliphatic rings. The maximum absolute atomic E-state index is 5.61. The van der Waals surface area contributed by atoms with E-state index in [0.29, 0.717) is 6.04 Å². The third-order valence-corrected chi connectivity index (χ3v) is 4.95. The van der Waals surface area contributed by atoms with E-state index < -0.39 is 0 Å². The predicted molar refractivity (Wildman–Crippen MR) is 94.7 cm³/mol. The third-order valence-electron chi connectivity index (χ3n) is 4.95. The Kier molecular flexibility index (Phi) is 5.09. The molecule has 0 unspecified atom stereocenters. The van der Waals surface area contributed by atoms with Crippen LogP contribution in [0.5, 0.6) is 11.6 Å². The fourth-order valence-corrected chi connectivity index (χ4v) is 3.76. The zero-order valence-electron chi connectivity index (χ0n) is 15.1. The summed E-state index contributed by atoms with van der Waals surface area (Å²) in [5.74, 6) is 1.81. The van der Waals surface area contributed by atoms with Crippen molar-refractivity contribution in [3.8, 4) is 11.6 Å². The summed E-state index contributed by atoms with van der Waals surface area (Å²) in [6, 6.07) is 8.78. The Hall–Kier alpha value is -2.01. The van der Waals surface area contributed by atoms with Crippen LogP contribution in [0.3, 0.4) is 0 Å². The summed E-state index contributed by atoms with van der Waals surface area (Å²) in [6.07, 6.45) is 3.44. The Balaban J connectivity index is 1.71. The number of hydrogen-bond donors (Lipinski definition) is 0. The van der Waals surface area contributed by atoms with Gasteiger partial charge in [0, 0.05) is 19.6 Å². The second-order valence-corrected chi connectivity index (χ2v) is 6.42. The van der Waals surface area contributed by atoms with Gasteiger partial charge in [0.1, 0.15) is 5.75 Å². The topological polar surface area (TPSA) is 39.5 Å². The molecule has 0 bridgehead atoms. The van der Waals surface area contributed by atoms with Crippen molar-refractivity contribution in [3.05, 3.63) is 41.1 Å². The molecule has 0 amide bonds. The van der Waals surface area contributed by atoms with Crippen LogP contribution in [0.4, 0.5) is 0 Å². The highest BCUT2D eigenvalue weighted by Crippen LogP contribution is 2.38. The number of hydrogen-bond acceptors (Lipinski definition) is 4. The summed E-state index contributed by atoms with van der Waals surface area (Å²) in [7, 11) is 5.38. The molecule has 24 heavy (non-hydrogen) atoms. The summed E-state index contributed by atoms with van der Waals surface area (Å²) >= 11 is 0. The quantitative estimate of drug-likeness (QED) is 0.816. The van der Waals surface area contributed by atoms with E-state index in [1.165, 1.54) is 24.0 Å². The summed E-state index contributed by atoms with van der Waals surface area (Å²) < 4.78 is 12.7. The molecule has 0 N–H and O–H groups in total. The molecule has 2 heterocycles. The van der Waals surface area contributed by atoms with Crippen molar-refractivity contribution in [1.82, 2.24) is 14.7 Å². The van der Waals surface area contributed by atoms with Gasteiger partial charge in [0.05, 0.1) is 25.5 Å². The van der Waals surface area contributed by atoms with Gasteiger partial charge in [0.25, 0.3) is 0 Å². The smallest absolute Gasteiger partial charge is 0.216 e. The number of benzene rings is 1. The lowest BCUT2D eigenvalue weighted by molar-refractivity contribution is 0.252. The van der Waals surface area contributed by atoms with E-state index in [9.17, 15) is 0 Å². The number of rotatable bonds is 6. The largest absolute Gasteiger partial charge is 0.497 e. The molecule has 3 rings (SSSR count). The molecule has 0 aliphatic carbocycles. The fourth-order valence-electron chi connectivity index (χ4n) is 3.76. The first kappa shape index (κ1) is 16.8. The first-order chi connectivity index (χ1) is 11.6. The van der Waals surface area contributed by atoms with E-state index in [0.717, 1.165) is 36.8 Å². The highest BCUT2D eigenvalue weighted by atomic mass is 16.5. The van der Waals surface area contributed by atoms with Crippen molar-refractivity contribution in [2.45, 2.75) is 32.2 Å². The van der Waals surface area contributed by atoms with E-state index in [4.69, 9.17) is 9.47 Å². The van der Waals surface area contributed by atoms with Crippen LogP contribution in [-0.2, 0) is 13.5 Å². The molecular weight excluding hydrogens is 302 g/mol. The molecule has 0 radical (unpaired) electrons. The van der Waals surface area contributed by atoms with Gasteiger partial charge in [0.2, 0.25) is 5.88 Å². The predicted octanol–water partition coefficient (Wildman–Crippen LogP) is 3.13. The Morgan fingerprint density at radius 1 is 1.17 bits per heavy atom. The molecule has 1 aromatic carbocycles. The van der Waals surface area contributed by atoms with Gasteiger partial charge in [-0.2, -0.15) is 5.10 Å². The Bertz CT molecular complexity index is 679. The van der Waals surface area contributed by atoms with Gasteiger partial charge in [-0.3, -0.25) is 4.90 Å². The summed E-state index contributed by atoms with van der Waals surface area (Å²) in [5.41, 5.74) is 3.68. The minimum absolute atomic E-state index is 0.409. The molecule has 1 aliphatic heterocycles. The van der Waals surface area contributed by atoms with E-state index in [2.05, 4.69) is 29.1 Å². The molecule has 1 fully saturated rings. The van der Waals surface area contributed by atoms with E-state index in [1.54, 1.807) is 14.2 Å². The lowest BCUT2D eigenvalue weighted by Crippen LogP contribution is -2.26. The minimum Gasteiger partial charge on any atom is -0.497 e. The van der Waals surface area contributed by atoms with Crippen LogP contribution >= 0.6 is 0 Å². The maximum Gasteiger partial charge on any atom is 0.216 e. The zero-order chi connectivity index (χ0) is 17.1. The van der Waals surface area contributed by atoms with Crippen molar-refractivity contribution < 1.29 is 9.47 Å². The van der Waals surface area contributed by atoms with Crippen molar-refractivity contribution in [2.75, 3.05) is 27.3 Å². The average Bonchev–Trinajstić information content (AvgIpc) is 3.16. The molecule has 1 aromatic heterocycles. The lowest BCUT2D eigenvalue weighted by Gasteiger charge is -2.25. The normalized spacial score (nSPS) is 18.1. The second kappa shape index (κ2) is 7.26. The molecule has 5 heteroatoms. The van der Waals surface area contributed by atoms with Crippen LogP contribution in [0.1, 0.15) is 35.7 Å². The van der Waals surface area contributed by atoms with Crippen molar-refractivity contribution in [2.24, 2.45) is 7.05 Å². The van der Waals surface area contributed by atoms with Gasteiger partial charge in [0.15, 0.2) is 0 Å². The molecule has 1 saturated heterocycles. The highest BCUT2D eigenvalue weighted by Gasteiger charge is 2.31. The van der Waals surface area contributed by atoms with Crippen LogP contribution in [0.25, 0.3) is 0 Å². The molecule has 130 valence electrons. The Morgan fingerprint density at radius 3 is 2.58 bits per heavy atom. The lowest BCUT2D eigenvalue weighted by atomic mass is 10.0. The number of likely N-dealkylation sites (tertiary alicyclic amines) is 1. The van der Waals surface area contributed by atoms with Gasteiger partial charge in [-0.05, 0) is 50.4 Å². The monoisotopic (exact) mass is 329 g/mol. The number of ether oxygens (including phenoxy) is 2. The molecular formula is C19H27N3O2. The zero-order valence-corrected chi connectivity index (χ0v) is 15.1. The van der Waals surface area contributed by atoms with E-state index >= 15 is 0 Å². The van der Waals surface area contributed by atoms with Crippen LogP contribution < -0.4 is 9.47 Å². The first-order valence-electron chi connectivity index (χ1n) is 8.58. The van der Waals surface area contributed by atoms with Gasteiger partial charge < -0.3 is 9.47 Å². The van der Waals surface area contributed by atoms with Crippen LogP contribution in [0.2, 0.25) is 0 Å². The van der Waals surface area contributed by atoms with Gasteiger partial charge in [-0.15, -0.1) is 0 Å². The van der Waals surface area contributed by atoms with Crippen LogP contribution in [0.15, 0.2) is 24.3 Å². The minimum atomic E-state index is 0.409. The molecule has 5 nitrogen and oxygen atoms in total. The summed E-state index contributed by atoms with van der Waals surface area (Å²) in [6.45, 7) is 4.27. The van der Waals surface area contributed by atoms with E-state index in [-0.39, 0.29) is 0 Å². The Labute approximate surface area is 144 Å². The van der Waals surface area contributed by atoms with Crippen molar-refractivity contribution in [3.63, 3.8) is 0 Å². The molecule has 1 atom stereocenters. The van der Waals surface area contributed by atoms with Gasteiger partial charge in [-0.25, -0.2) is 4.68 Å². The standard InChI is InChI=1S/C19H27N3O2/c1-14-18(19(24-4)21(2)20-14)17-6-5-12-22(17)13-11-15-7-9-16(23-3)10-8-15/h7-10,17H,5-6,11-13H2,1-4H3/t17-/m0/s1. The molecule has 2 aromatic rings. The van der Waals surface area contributed by atoms with Crippen LogP contribution in [0, 0.1) is 6.92 Å². The maximum atomic E-state index is 5.61. The van der Waals surface area contributed by atoms with E-state index in [1.807, 2.05) is 23.9 Å². The van der Waals surface area contributed by atoms with Gasteiger partial charge in [-0.1, -0.05) is 12.1 Å². The SMILES string of the molecule is COc1ccc(CCN2CCC[C@H]2c2c(C)nn(C)c2OC)cc1. The van der Waals surface area contributed by atoms with Crippen molar-refractivity contribution in [1.29, 1.82) is 0 Å². The van der Waals surface area contributed by atoms with Crippen molar-refractivity contribution >= 4 is 0 Å². The summed E-state index contributed by atoms with van der Waals surface area (Å²) in [4.78, 5) is 2.57.